The number of carbonyl (C=O) groups is 3. The highest BCUT2D eigenvalue weighted by Crippen LogP contribution is 2.28. The first-order chi connectivity index (χ1) is 17.9. The fraction of sp³-hybridized carbons (Fsp3) is 0.148. The Morgan fingerprint density at radius 2 is 1.84 bits per heavy atom. The molecule has 1 aliphatic rings. The standard InChI is InChI=1S/C27H23N5O5/c1-15(29-25(34)17-5-3-2-4-6-17)18-8-9-20-19(12-18)26(35)32-24(31-20)27(36)28-13-16-7-10-22-21(11-16)30-23(33)14-37-22/h2-12,15H,13-14H2,1H3,(H,28,36)(H,29,34)(H,30,33)(H,31,32,35)/t15-/m0/s1. The maximum Gasteiger partial charge on any atom is 0.287 e. The molecular formula is C27H23N5O5. The van der Waals surface area contributed by atoms with Gasteiger partial charge in [0.05, 0.1) is 22.6 Å². The van der Waals surface area contributed by atoms with Gasteiger partial charge >= 0.3 is 0 Å². The van der Waals surface area contributed by atoms with Crippen LogP contribution in [0.1, 0.15) is 45.1 Å². The zero-order valence-electron chi connectivity index (χ0n) is 19.8. The van der Waals surface area contributed by atoms with Crippen LogP contribution in [-0.4, -0.2) is 34.3 Å². The highest BCUT2D eigenvalue weighted by molar-refractivity contribution is 5.96. The van der Waals surface area contributed by atoms with Crippen molar-refractivity contribution in [2.75, 3.05) is 11.9 Å². The summed E-state index contributed by atoms with van der Waals surface area (Å²) >= 11 is 0. The van der Waals surface area contributed by atoms with Gasteiger partial charge in [0.1, 0.15) is 5.75 Å². The molecule has 5 rings (SSSR count). The fourth-order valence-electron chi connectivity index (χ4n) is 3.99. The minimum atomic E-state index is -0.551. The van der Waals surface area contributed by atoms with E-state index in [2.05, 4.69) is 25.9 Å². The van der Waals surface area contributed by atoms with Crippen molar-refractivity contribution in [2.45, 2.75) is 19.5 Å². The summed E-state index contributed by atoms with van der Waals surface area (Å²) in [6.45, 7) is 1.94. The number of nitrogens with one attached hydrogen (secondary N) is 4. The van der Waals surface area contributed by atoms with Gasteiger partial charge < -0.3 is 25.7 Å². The quantitative estimate of drug-likeness (QED) is 0.323. The summed E-state index contributed by atoms with van der Waals surface area (Å²) in [5.41, 5.74) is 2.42. The molecule has 1 atom stereocenters. The van der Waals surface area contributed by atoms with Gasteiger partial charge in [-0.15, -0.1) is 0 Å². The van der Waals surface area contributed by atoms with E-state index >= 15 is 0 Å². The van der Waals surface area contributed by atoms with Crippen LogP contribution in [0, 0.1) is 0 Å². The number of aromatic nitrogens is 2. The lowest BCUT2D eigenvalue weighted by atomic mass is 10.1. The summed E-state index contributed by atoms with van der Waals surface area (Å²) in [6.07, 6.45) is 0. The largest absolute Gasteiger partial charge is 0.482 e. The molecule has 0 bridgehead atoms. The maximum absolute atomic E-state index is 12.8. The first kappa shape index (κ1) is 23.7. The molecule has 1 aromatic heterocycles. The molecule has 4 N–H and O–H groups in total. The molecule has 0 radical (unpaired) electrons. The number of H-pyrrole nitrogens is 1. The highest BCUT2D eigenvalue weighted by Gasteiger charge is 2.18. The Kier molecular flexibility index (Phi) is 6.38. The van der Waals surface area contributed by atoms with Gasteiger partial charge in [0.15, 0.2) is 12.4 Å². The minimum Gasteiger partial charge on any atom is -0.482 e. The second-order valence-electron chi connectivity index (χ2n) is 8.60. The average molecular weight is 498 g/mol. The Morgan fingerprint density at radius 1 is 1.03 bits per heavy atom. The van der Waals surface area contributed by atoms with Gasteiger partial charge in [-0.1, -0.05) is 30.3 Å². The molecule has 1 aliphatic heterocycles. The number of fused-ring (bicyclic) bond motifs is 2. The third-order valence-electron chi connectivity index (χ3n) is 5.96. The van der Waals surface area contributed by atoms with Crippen LogP contribution >= 0.6 is 0 Å². The molecule has 0 fully saturated rings. The summed E-state index contributed by atoms with van der Waals surface area (Å²) in [6, 6.07) is 18.8. The number of aromatic amines is 1. The van der Waals surface area contributed by atoms with Crippen LogP contribution in [0.25, 0.3) is 10.9 Å². The van der Waals surface area contributed by atoms with Crippen molar-refractivity contribution in [1.82, 2.24) is 20.6 Å². The van der Waals surface area contributed by atoms with Crippen LogP contribution in [0.3, 0.4) is 0 Å². The topological polar surface area (TPSA) is 142 Å². The van der Waals surface area contributed by atoms with Crippen LogP contribution in [-0.2, 0) is 11.3 Å². The van der Waals surface area contributed by atoms with Crippen molar-refractivity contribution >= 4 is 34.3 Å². The lowest BCUT2D eigenvalue weighted by Crippen LogP contribution is -2.28. The number of rotatable bonds is 6. The molecule has 37 heavy (non-hydrogen) atoms. The Bertz CT molecular complexity index is 1580. The number of hydrogen-bond acceptors (Lipinski definition) is 6. The van der Waals surface area contributed by atoms with Crippen LogP contribution in [0.2, 0.25) is 0 Å². The van der Waals surface area contributed by atoms with Crippen LogP contribution in [0.5, 0.6) is 5.75 Å². The second kappa shape index (κ2) is 9.94. The Morgan fingerprint density at radius 3 is 2.65 bits per heavy atom. The summed E-state index contributed by atoms with van der Waals surface area (Å²) in [5.74, 6) is -0.581. The summed E-state index contributed by atoms with van der Waals surface area (Å²) in [5, 5.41) is 8.66. The van der Waals surface area contributed by atoms with Gasteiger partial charge in [0.2, 0.25) is 0 Å². The van der Waals surface area contributed by atoms with Gasteiger partial charge in [0.25, 0.3) is 23.3 Å². The van der Waals surface area contributed by atoms with Gasteiger partial charge in [-0.2, -0.15) is 0 Å². The SMILES string of the molecule is C[C@H](NC(=O)c1ccccc1)c1ccc2nc(C(=O)NCc3ccc4c(c3)NC(=O)CO4)[nH]c(=O)c2c1. The van der Waals surface area contributed by atoms with Gasteiger partial charge in [0, 0.05) is 12.1 Å². The molecule has 10 nitrogen and oxygen atoms in total. The van der Waals surface area contributed by atoms with E-state index in [0.717, 1.165) is 11.1 Å². The summed E-state index contributed by atoms with van der Waals surface area (Å²) < 4.78 is 5.33. The number of ether oxygens (including phenoxy) is 1. The van der Waals surface area contributed by atoms with E-state index in [1.165, 1.54) is 0 Å². The van der Waals surface area contributed by atoms with Crippen molar-refractivity contribution in [3.05, 3.63) is 99.6 Å². The molecule has 0 spiro atoms. The lowest BCUT2D eigenvalue weighted by molar-refractivity contribution is -0.118. The molecule has 4 aromatic rings. The average Bonchev–Trinajstić information content (AvgIpc) is 2.91. The van der Waals surface area contributed by atoms with E-state index in [0.29, 0.717) is 27.9 Å². The zero-order chi connectivity index (χ0) is 25.9. The summed E-state index contributed by atoms with van der Waals surface area (Å²) in [7, 11) is 0. The normalized spacial score (nSPS) is 13.2. The van der Waals surface area contributed by atoms with E-state index in [9.17, 15) is 19.2 Å². The molecule has 0 aliphatic carbocycles. The van der Waals surface area contributed by atoms with Crippen LogP contribution in [0.15, 0.2) is 71.5 Å². The number of amides is 3. The Labute approximate surface area is 211 Å². The number of benzene rings is 3. The fourth-order valence-corrected chi connectivity index (χ4v) is 3.99. The van der Waals surface area contributed by atoms with Gasteiger partial charge in [-0.25, -0.2) is 4.98 Å². The maximum atomic E-state index is 12.8. The van der Waals surface area contributed by atoms with Crippen molar-refractivity contribution in [3.8, 4) is 5.75 Å². The van der Waals surface area contributed by atoms with Crippen molar-refractivity contribution in [3.63, 3.8) is 0 Å². The predicted octanol–water partition coefficient (Wildman–Crippen LogP) is 2.67. The van der Waals surface area contributed by atoms with E-state index < -0.39 is 11.5 Å². The first-order valence-corrected chi connectivity index (χ1v) is 11.6. The molecule has 0 saturated carbocycles. The minimum absolute atomic E-state index is 0.0349. The Hall–Kier alpha value is -4.99. The molecule has 3 amide bonds. The predicted molar refractivity (Wildman–Crippen MR) is 136 cm³/mol. The third-order valence-corrected chi connectivity index (χ3v) is 5.96. The highest BCUT2D eigenvalue weighted by atomic mass is 16.5. The van der Waals surface area contributed by atoms with E-state index in [4.69, 9.17) is 4.74 Å². The molecule has 2 heterocycles. The first-order valence-electron chi connectivity index (χ1n) is 11.6. The van der Waals surface area contributed by atoms with E-state index in [-0.39, 0.29) is 36.8 Å². The molecule has 186 valence electrons. The van der Waals surface area contributed by atoms with Gasteiger partial charge in [-0.3, -0.25) is 19.2 Å². The second-order valence-corrected chi connectivity index (χ2v) is 8.60. The van der Waals surface area contributed by atoms with Crippen LogP contribution in [0.4, 0.5) is 5.69 Å². The van der Waals surface area contributed by atoms with E-state index in [1.807, 2.05) is 13.0 Å². The molecule has 0 saturated heterocycles. The Balaban J connectivity index is 1.28. The molecule has 10 heteroatoms. The molecule has 3 aromatic carbocycles. The number of hydrogen-bond donors (Lipinski definition) is 4. The van der Waals surface area contributed by atoms with Crippen molar-refractivity contribution in [1.29, 1.82) is 0 Å². The monoisotopic (exact) mass is 497 g/mol. The number of nitrogens with zero attached hydrogens (tertiary/aromatic N) is 1. The van der Waals surface area contributed by atoms with Crippen molar-refractivity contribution < 1.29 is 19.1 Å². The van der Waals surface area contributed by atoms with Crippen LogP contribution < -0.4 is 26.2 Å². The van der Waals surface area contributed by atoms with E-state index in [1.54, 1.807) is 60.7 Å². The summed E-state index contributed by atoms with van der Waals surface area (Å²) in [4.78, 5) is 56.3. The third kappa shape index (κ3) is 5.18. The van der Waals surface area contributed by atoms with Crippen molar-refractivity contribution in [2.24, 2.45) is 0 Å². The number of anilines is 1. The molecule has 0 unspecified atom stereocenters. The smallest absolute Gasteiger partial charge is 0.287 e. The lowest BCUT2D eigenvalue weighted by Gasteiger charge is -2.18. The van der Waals surface area contributed by atoms with Gasteiger partial charge in [-0.05, 0) is 54.4 Å². The molecular weight excluding hydrogens is 474 g/mol. The zero-order valence-corrected chi connectivity index (χ0v) is 19.8. The number of carbonyl (C=O) groups excluding carboxylic acids is 3.